The fourth-order valence-corrected chi connectivity index (χ4v) is 4.97. The number of fused-ring (bicyclic) bond motifs is 3. The summed E-state index contributed by atoms with van der Waals surface area (Å²) < 4.78 is 0. The molecular weight excluding hydrogens is 388 g/mol. The van der Waals surface area contributed by atoms with E-state index in [4.69, 9.17) is 0 Å². The van der Waals surface area contributed by atoms with Crippen molar-refractivity contribution in [1.29, 1.82) is 0 Å². The van der Waals surface area contributed by atoms with Crippen molar-refractivity contribution in [2.75, 3.05) is 0 Å². The lowest BCUT2D eigenvalue weighted by molar-refractivity contribution is -0.130. The van der Waals surface area contributed by atoms with E-state index in [0.29, 0.717) is 22.1 Å². The number of carbonyl (C=O) groups excluding carboxylic acids is 3. The highest BCUT2D eigenvalue weighted by molar-refractivity contribution is 6.24. The number of benzene rings is 2. The third kappa shape index (κ3) is 2.21. The van der Waals surface area contributed by atoms with E-state index in [2.05, 4.69) is 0 Å². The average molecular weight is 410 g/mol. The van der Waals surface area contributed by atoms with Gasteiger partial charge in [0.1, 0.15) is 22.8 Å². The lowest BCUT2D eigenvalue weighted by Gasteiger charge is -2.45. The number of aliphatic hydroxyl groups excluding tert-OH is 1. The number of ketones is 3. The Balaban J connectivity index is 2.11. The Bertz CT molecular complexity index is 1220. The van der Waals surface area contributed by atoms with Crippen molar-refractivity contribution in [2.24, 2.45) is 11.8 Å². The van der Waals surface area contributed by atoms with Crippen LogP contribution >= 0.6 is 0 Å². The van der Waals surface area contributed by atoms with Crippen LogP contribution in [0.4, 0.5) is 0 Å². The van der Waals surface area contributed by atoms with Crippen molar-refractivity contribution in [2.45, 2.75) is 39.7 Å². The van der Waals surface area contributed by atoms with E-state index in [1.807, 2.05) is 0 Å². The molecule has 30 heavy (non-hydrogen) atoms. The van der Waals surface area contributed by atoms with Crippen LogP contribution in [0.2, 0.25) is 0 Å². The van der Waals surface area contributed by atoms with E-state index < -0.39 is 51.9 Å². The van der Waals surface area contributed by atoms with Gasteiger partial charge in [0.2, 0.25) is 5.78 Å². The van der Waals surface area contributed by atoms with Crippen LogP contribution < -0.4 is 0 Å². The van der Waals surface area contributed by atoms with Gasteiger partial charge < -0.3 is 20.4 Å². The maximum absolute atomic E-state index is 13.5. The van der Waals surface area contributed by atoms with Gasteiger partial charge in [-0.05, 0) is 49.3 Å². The number of hydrogen-bond donors (Lipinski definition) is 4. The van der Waals surface area contributed by atoms with Crippen LogP contribution in [0, 0.1) is 25.7 Å². The molecule has 2 aromatic carbocycles. The van der Waals surface area contributed by atoms with Crippen LogP contribution in [0.1, 0.15) is 40.9 Å². The second-order valence-electron chi connectivity index (χ2n) is 8.32. The zero-order chi connectivity index (χ0) is 22.3. The predicted molar refractivity (Wildman–Crippen MR) is 108 cm³/mol. The highest BCUT2D eigenvalue weighted by Crippen LogP contribution is 2.51. The number of Topliss-reactive ketones (excluding diaryl/α,β-unsaturated/α-hetero) is 3. The van der Waals surface area contributed by atoms with Crippen LogP contribution in [0.5, 0.6) is 11.5 Å². The van der Waals surface area contributed by atoms with E-state index in [1.165, 1.54) is 6.92 Å². The SMILES string of the molecule is CC(=O)C1=C(O)C2(O)C(=O)c3c(c(C)c4ccc(C)c(O)c4c3O)CC2C(C)C1=O. The quantitative estimate of drug-likeness (QED) is 0.531. The Morgan fingerprint density at radius 2 is 1.73 bits per heavy atom. The molecule has 0 saturated carbocycles. The summed E-state index contributed by atoms with van der Waals surface area (Å²) in [5.74, 6) is -5.91. The van der Waals surface area contributed by atoms with Gasteiger partial charge in [-0.1, -0.05) is 19.1 Å². The summed E-state index contributed by atoms with van der Waals surface area (Å²) in [6.45, 7) is 5.98. The lowest BCUT2D eigenvalue weighted by atomic mass is 9.59. The van der Waals surface area contributed by atoms with Crippen LogP contribution in [0.25, 0.3) is 10.8 Å². The molecule has 3 atom stereocenters. The maximum Gasteiger partial charge on any atom is 0.206 e. The molecular formula is C23H22O7. The van der Waals surface area contributed by atoms with E-state index in [1.54, 1.807) is 26.0 Å². The molecule has 7 nitrogen and oxygen atoms in total. The van der Waals surface area contributed by atoms with Gasteiger partial charge in [0.15, 0.2) is 17.2 Å². The minimum atomic E-state index is -2.52. The molecule has 7 heteroatoms. The maximum atomic E-state index is 13.5. The fourth-order valence-electron chi connectivity index (χ4n) is 4.97. The minimum absolute atomic E-state index is 0.0314. The molecule has 0 spiro atoms. The monoisotopic (exact) mass is 410 g/mol. The molecule has 0 aliphatic heterocycles. The molecule has 0 aromatic heterocycles. The normalized spacial score (nSPS) is 26.0. The molecule has 0 fully saturated rings. The van der Waals surface area contributed by atoms with E-state index >= 15 is 0 Å². The van der Waals surface area contributed by atoms with E-state index in [0.717, 1.165) is 6.92 Å². The van der Waals surface area contributed by atoms with Crippen molar-refractivity contribution in [3.05, 3.63) is 45.7 Å². The molecule has 0 heterocycles. The molecule has 0 amide bonds. The highest BCUT2D eigenvalue weighted by atomic mass is 16.3. The van der Waals surface area contributed by atoms with Gasteiger partial charge in [0.05, 0.1) is 10.9 Å². The Morgan fingerprint density at radius 3 is 2.33 bits per heavy atom. The smallest absolute Gasteiger partial charge is 0.206 e. The Hall–Kier alpha value is -3.19. The fraction of sp³-hybridized carbons (Fsp3) is 0.348. The molecule has 4 N–H and O–H groups in total. The van der Waals surface area contributed by atoms with Gasteiger partial charge in [-0.25, -0.2) is 0 Å². The number of phenols is 2. The van der Waals surface area contributed by atoms with E-state index in [9.17, 15) is 34.8 Å². The van der Waals surface area contributed by atoms with Crippen LogP contribution in [-0.4, -0.2) is 43.4 Å². The molecule has 3 unspecified atom stereocenters. The first-order valence-corrected chi connectivity index (χ1v) is 9.67. The molecule has 0 radical (unpaired) electrons. The summed E-state index contributed by atoms with van der Waals surface area (Å²) in [6, 6.07) is 3.42. The molecule has 2 aliphatic carbocycles. The number of allylic oxidation sites excluding steroid dienone is 1. The number of aryl methyl sites for hydroxylation is 2. The first kappa shape index (κ1) is 20.1. The summed E-state index contributed by atoms with van der Waals surface area (Å²) >= 11 is 0. The predicted octanol–water partition coefficient (Wildman–Crippen LogP) is 2.57. The Morgan fingerprint density at radius 1 is 1.10 bits per heavy atom. The van der Waals surface area contributed by atoms with Gasteiger partial charge in [-0.2, -0.15) is 0 Å². The van der Waals surface area contributed by atoms with Crippen LogP contribution in [0.15, 0.2) is 23.5 Å². The lowest BCUT2D eigenvalue weighted by Crippen LogP contribution is -2.59. The molecule has 4 rings (SSSR count). The average Bonchev–Trinajstić information content (AvgIpc) is 2.68. The Labute approximate surface area is 172 Å². The van der Waals surface area contributed by atoms with E-state index in [-0.39, 0.29) is 23.1 Å². The number of hydrogen-bond acceptors (Lipinski definition) is 7. The number of aromatic hydroxyl groups is 2. The van der Waals surface area contributed by atoms with Crippen molar-refractivity contribution in [3.63, 3.8) is 0 Å². The Kier molecular flexibility index (Phi) is 4.12. The minimum Gasteiger partial charge on any atom is -0.508 e. The number of phenolic OH excluding ortho intramolecular Hbond substituents is 2. The summed E-state index contributed by atoms with van der Waals surface area (Å²) in [5, 5.41) is 44.1. The number of carbonyl (C=O) groups is 3. The van der Waals surface area contributed by atoms with Crippen molar-refractivity contribution >= 4 is 28.1 Å². The van der Waals surface area contributed by atoms with Crippen LogP contribution in [0.3, 0.4) is 0 Å². The standard InChI is InChI=1S/C23H22O7/c1-8-5-6-12-9(2)13-7-14-10(3)19(26)15(11(4)24)21(28)23(14,30)22(29)17(13)20(27)16(12)18(8)25/h5-6,10,14,25,27-28,30H,7H2,1-4H3. The molecule has 2 aromatic rings. The van der Waals surface area contributed by atoms with Gasteiger partial charge in [-0.15, -0.1) is 0 Å². The number of aliphatic hydroxyl groups is 2. The second kappa shape index (κ2) is 6.15. The molecule has 156 valence electrons. The summed E-state index contributed by atoms with van der Waals surface area (Å²) in [6.07, 6.45) is 0.0314. The van der Waals surface area contributed by atoms with Gasteiger partial charge in [-0.3, -0.25) is 14.4 Å². The number of rotatable bonds is 1. The highest BCUT2D eigenvalue weighted by Gasteiger charge is 2.60. The largest absolute Gasteiger partial charge is 0.508 e. The second-order valence-corrected chi connectivity index (χ2v) is 8.32. The van der Waals surface area contributed by atoms with Crippen LogP contribution in [-0.2, 0) is 16.0 Å². The first-order valence-electron chi connectivity index (χ1n) is 9.67. The van der Waals surface area contributed by atoms with Crippen molar-refractivity contribution < 1.29 is 34.8 Å². The third-order valence-corrected chi connectivity index (χ3v) is 6.76. The molecule has 0 bridgehead atoms. The summed E-state index contributed by atoms with van der Waals surface area (Å²) in [5.41, 5.74) is -1.75. The van der Waals surface area contributed by atoms with Gasteiger partial charge in [0.25, 0.3) is 0 Å². The van der Waals surface area contributed by atoms with Crippen molar-refractivity contribution in [3.8, 4) is 11.5 Å². The topological polar surface area (TPSA) is 132 Å². The third-order valence-electron chi connectivity index (χ3n) is 6.76. The van der Waals surface area contributed by atoms with Gasteiger partial charge >= 0.3 is 0 Å². The summed E-state index contributed by atoms with van der Waals surface area (Å²) in [4.78, 5) is 38.2. The zero-order valence-electron chi connectivity index (χ0n) is 17.0. The first-order chi connectivity index (χ1) is 13.9. The van der Waals surface area contributed by atoms with Crippen molar-refractivity contribution in [1.82, 2.24) is 0 Å². The molecule has 0 saturated heterocycles. The molecule has 2 aliphatic rings. The summed E-state index contributed by atoms with van der Waals surface area (Å²) in [7, 11) is 0. The zero-order valence-corrected chi connectivity index (χ0v) is 17.0. The van der Waals surface area contributed by atoms with Gasteiger partial charge in [0, 0.05) is 11.8 Å².